The number of hydrogen-bond acceptors (Lipinski definition) is 6. The zero-order valence-corrected chi connectivity index (χ0v) is 23.7. The number of hydrogen-bond donors (Lipinski definition) is 0. The van der Waals surface area contributed by atoms with Gasteiger partial charge in [0.2, 0.25) is 5.91 Å². The number of aromatic nitrogens is 1. The van der Waals surface area contributed by atoms with Crippen molar-refractivity contribution in [3.8, 4) is 0 Å². The van der Waals surface area contributed by atoms with Crippen LogP contribution in [0, 0.1) is 11.7 Å². The number of carbonyl (C=O) groups excluding carboxylic acids is 1. The Labute approximate surface area is 241 Å². The number of pyridine rings is 1. The molecule has 0 unspecified atom stereocenters. The Morgan fingerprint density at radius 1 is 0.907 bits per heavy atom. The van der Waals surface area contributed by atoms with Gasteiger partial charge < -0.3 is 4.90 Å². The highest BCUT2D eigenvalue weighted by Crippen LogP contribution is 2.56. The van der Waals surface area contributed by atoms with E-state index >= 15 is 0 Å². The summed E-state index contributed by atoms with van der Waals surface area (Å²) in [6.45, 7) is -0.188. The van der Waals surface area contributed by atoms with Crippen molar-refractivity contribution in [3.63, 3.8) is 0 Å². The van der Waals surface area contributed by atoms with Crippen LogP contribution in [-0.4, -0.2) is 69.1 Å². The number of rotatable bonds is 4. The molecule has 0 saturated carbocycles. The number of nitrogens with zero attached hydrogens (tertiary/aromatic N) is 2. The minimum absolute atomic E-state index is 0.00291. The van der Waals surface area contributed by atoms with Crippen LogP contribution in [0.4, 0.5) is 35.1 Å². The van der Waals surface area contributed by atoms with E-state index in [0.717, 1.165) is 24.3 Å². The van der Waals surface area contributed by atoms with E-state index < -0.39 is 82.4 Å². The Morgan fingerprint density at radius 3 is 2.05 bits per heavy atom. The first kappa shape index (κ1) is 31.6. The molecule has 0 spiro atoms. The van der Waals surface area contributed by atoms with Crippen molar-refractivity contribution in [2.75, 3.05) is 18.1 Å². The van der Waals surface area contributed by atoms with Gasteiger partial charge in [0.25, 0.3) is 0 Å². The highest BCUT2D eigenvalue weighted by molar-refractivity contribution is 7.92. The SMILES string of the molecule is O=C(C1CCS(=O)(=O)CC1)N1CC[C@@]2(S(=O)(=O)c3ccc(F)cc3)c3ccc(C(F)(C(F)(F)F)C(F)(F)F)nc3CC[C@@H]12. The molecule has 2 aromatic rings. The summed E-state index contributed by atoms with van der Waals surface area (Å²) in [5.74, 6) is -2.56. The van der Waals surface area contributed by atoms with Gasteiger partial charge in [0.15, 0.2) is 9.84 Å². The summed E-state index contributed by atoms with van der Waals surface area (Å²) in [7, 11) is -7.99. The molecular weight excluding hydrogens is 636 g/mol. The van der Waals surface area contributed by atoms with Gasteiger partial charge in [-0.3, -0.25) is 9.78 Å². The molecule has 5 rings (SSSR count). The summed E-state index contributed by atoms with van der Waals surface area (Å²) >= 11 is 0. The van der Waals surface area contributed by atoms with E-state index in [1.165, 1.54) is 4.90 Å². The molecule has 3 heterocycles. The summed E-state index contributed by atoms with van der Waals surface area (Å²) in [6, 6.07) is 3.26. The maximum absolute atomic E-state index is 14.9. The first-order chi connectivity index (χ1) is 19.8. The summed E-state index contributed by atoms with van der Waals surface area (Å²) in [5, 5.41) is 0. The quantitative estimate of drug-likeness (QED) is 0.353. The van der Waals surface area contributed by atoms with Crippen molar-refractivity contribution < 1.29 is 56.8 Å². The second kappa shape index (κ2) is 10.1. The van der Waals surface area contributed by atoms with E-state index in [0.29, 0.717) is 6.07 Å². The monoisotopic (exact) mass is 660 g/mol. The third-order valence-corrected chi connectivity index (χ3v) is 12.9. The van der Waals surface area contributed by atoms with Crippen molar-refractivity contribution in [2.45, 2.75) is 65.8 Å². The molecule has 2 fully saturated rings. The summed E-state index contributed by atoms with van der Waals surface area (Å²) in [4.78, 5) is 17.9. The average Bonchev–Trinajstić information content (AvgIpc) is 3.32. The molecule has 0 bridgehead atoms. The number of carbonyl (C=O) groups is 1. The summed E-state index contributed by atoms with van der Waals surface area (Å²) < 4.78 is 160. The van der Waals surface area contributed by atoms with Crippen LogP contribution in [0.5, 0.6) is 0 Å². The van der Waals surface area contributed by atoms with Gasteiger partial charge in [0.1, 0.15) is 20.4 Å². The fourth-order valence-electron chi connectivity index (χ4n) is 6.48. The standard InChI is InChI=1S/C26H24F8N2O5S2/c27-16-1-3-17(4-2-16)43(40,41)23-11-12-36(22(37)15-9-13-42(38,39)14-10-15)21(23)8-6-19-18(23)5-7-20(35-19)24(28,25(29,30)31)26(32,33)34/h1-5,7,15,21H,6,8-14H2/t21-,23-/m1/s1. The molecular formula is C26H24F8N2O5S2. The Morgan fingerprint density at radius 2 is 1.49 bits per heavy atom. The minimum Gasteiger partial charge on any atom is -0.337 e. The van der Waals surface area contributed by atoms with Crippen molar-refractivity contribution in [3.05, 3.63) is 59.2 Å². The Kier molecular flexibility index (Phi) is 7.43. The second-order valence-electron chi connectivity index (χ2n) is 11.0. The topological polar surface area (TPSA) is 101 Å². The normalized spacial score (nSPS) is 24.8. The van der Waals surface area contributed by atoms with Gasteiger partial charge >= 0.3 is 18.0 Å². The lowest BCUT2D eigenvalue weighted by Gasteiger charge is -2.43. The van der Waals surface area contributed by atoms with Crippen LogP contribution in [0.15, 0.2) is 41.3 Å². The van der Waals surface area contributed by atoms with E-state index in [1.807, 2.05) is 0 Å². The summed E-state index contributed by atoms with van der Waals surface area (Å²) in [6.07, 6.45) is -13.9. The molecule has 1 aromatic carbocycles. The van der Waals surface area contributed by atoms with Crippen LogP contribution in [0.1, 0.15) is 42.6 Å². The zero-order valence-electron chi connectivity index (χ0n) is 22.1. The smallest absolute Gasteiger partial charge is 0.337 e. The molecule has 43 heavy (non-hydrogen) atoms. The maximum Gasteiger partial charge on any atom is 0.437 e. The number of amides is 1. The number of likely N-dealkylation sites (tertiary alicyclic amines) is 1. The van der Waals surface area contributed by atoms with Crippen LogP contribution >= 0.6 is 0 Å². The van der Waals surface area contributed by atoms with Crippen LogP contribution in [0.2, 0.25) is 0 Å². The highest BCUT2D eigenvalue weighted by Gasteiger charge is 2.75. The molecule has 0 N–H and O–H groups in total. The first-order valence-electron chi connectivity index (χ1n) is 13.1. The fourth-order valence-corrected chi connectivity index (χ4v) is 10.3. The predicted octanol–water partition coefficient (Wildman–Crippen LogP) is 4.55. The molecule has 7 nitrogen and oxygen atoms in total. The number of benzene rings is 1. The first-order valence-corrected chi connectivity index (χ1v) is 16.4. The van der Waals surface area contributed by atoms with Gasteiger partial charge in [-0.15, -0.1) is 0 Å². The Balaban J connectivity index is 1.65. The molecule has 2 saturated heterocycles. The van der Waals surface area contributed by atoms with Crippen molar-refractivity contribution in [2.24, 2.45) is 5.92 Å². The molecule has 2 aliphatic heterocycles. The molecule has 236 valence electrons. The van der Waals surface area contributed by atoms with Gasteiger partial charge in [-0.05, 0) is 68.0 Å². The third-order valence-electron chi connectivity index (χ3n) is 8.65. The molecule has 3 aliphatic rings. The summed E-state index contributed by atoms with van der Waals surface area (Å²) in [5.41, 5.74) is -8.64. The lowest BCUT2D eigenvalue weighted by atomic mass is 9.80. The highest BCUT2D eigenvalue weighted by atomic mass is 32.2. The second-order valence-corrected chi connectivity index (χ2v) is 15.5. The maximum atomic E-state index is 14.9. The number of halogens is 8. The van der Waals surface area contributed by atoms with Crippen molar-refractivity contribution >= 4 is 25.6 Å². The lowest BCUT2D eigenvalue weighted by molar-refractivity contribution is -0.350. The van der Waals surface area contributed by atoms with Crippen molar-refractivity contribution in [1.82, 2.24) is 9.88 Å². The van der Waals surface area contributed by atoms with E-state index in [1.54, 1.807) is 0 Å². The average molecular weight is 661 g/mol. The third kappa shape index (κ3) is 4.80. The lowest BCUT2D eigenvalue weighted by Crippen LogP contribution is -2.54. The van der Waals surface area contributed by atoms with Crippen molar-refractivity contribution in [1.29, 1.82) is 0 Å². The van der Waals surface area contributed by atoms with Crippen LogP contribution < -0.4 is 0 Å². The van der Waals surface area contributed by atoms with Gasteiger partial charge in [0, 0.05) is 18.2 Å². The predicted molar refractivity (Wildman–Crippen MR) is 134 cm³/mol. The van der Waals surface area contributed by atoms with E-state index in [2.05, 4.69) is 4.98 Å². The van der Waals surface area contributed by atoms with Crippen LogP contribution in [-0.2, 0) is 41.3 Å². The Bertz CT molecular complexity index is 1630. The largest absolute Gasteiger partial charge is 0.437 e. The van der Waals surface area contributed by atoms with Gasteiger partial charge in [-0.2, -0.15) is 26.3 Å². The van der Waals surface area contributed by atoms with E-state index in [9.17, 15) is 56.8 Å². The minimum atomic E-state index is -6.44. The van der Waals surface area contributed by atoms with Crippen LogP contribution in [0.3, 0.4) is 0 Å². The number of aryl methyl sites for hydroxylation is 1. The van der Waals surface area contributed by atoms with Gasteiger partial charge in [-0.1, -0.05) is 6.07 Å². The number of alkyl halides is 7. The fraction of sp³-hybridized carbons (Fsp3) is 0.538. The van der Waals surface area contributed by atoms with E-state index in [-0.39, 0.29) is 61.8 Å². The molecule has 2 atom stereocenters. The van der Waals surface area contributed by atoms with Gasteiger partial charge in [-0.25, -0.2) is 25.6 Å². The molecule has 0 radical (unpaired) electrons. The molecule has 1 aliphatic carbocycles. The molecule has 1 amide bonds. The van der Waals surface area contributed by atoms with Gasteiger partial charge in [0.05, 0.1) is 28.1 Å². The zero-order chi connectivity index (χ0) is 31.8. The molecule has 1 aromatic heterocycles. The Hall–Kier alpha value is -2.82. The van der Waals surface area contributed by atoms with Crippen LogP contribution in [0.25, 0.3) is 0 Å². The molecule has 17 heteroatoms. The van der Waals surface area contributed by atoms with E-state index in [4.69, 9.17) is 0 Å². The number of fused-ring (bicyclic) bond motifs is 3. The number of sulfone groups is 2.